The summed E-state index contributed by atoms with van der Waals surface area (Å²) in [5, 5.41) is 3.31. The molecule has 0 saturated carbocycles. The second-order valence-electron chi connectivity index (χ2n) is 6.79. The molecule has 27 heavy (non-hydrogen) atoms. The van der Waals surface area contributed by atoms with Crippen LogP contribution >= 0.6 is 11.3 Å². The molecule has 140 valence electrons. The average Bonchev–Trinajstić information content (AvgIpc) is 3.19. The summed E-state index contributed by atoms with van der Waals surface area (Å²) in [5.41, 5.74) is 2.39. The number of rotatable bonds is 7. The van der Waals surface area contributed by atoms with Crippen molar-refractivity contribution in [1.29, 1.82) is 0 Å². The smallest absolute Gasteiger partial charge is 0.123 e. The number of para-hydroxylation sites is 1. The summed E-state index contributed by atoms with van der Waals surface area (Å²) >= 11 is 1.74. The van der Waals surface area contributed by atoms with Gasteiger partial charge in [-0.25, -0.2) is 4.98 Å². The number of ether oxygens (including phenoxy) is 1. The first-order chi connectivity index (χ1) is 13.4. The maximum atomic E-state index is 5.81. The molecule has 0 unspecified atom stereocenters. The average molecular weight is 380 g/mol. The lowest BCUT2D eigenvalue weighted by atomic mass is 10.2. The highest BCUT2D eigenvalue weighted by molar-refractivity contribution is 7.13. The highest BCUT2D eigenvalue weighted by atomic mass is 32.1. The Morgan fingerprint density at radius 3 is 2.26 bits per heavy atom. The van der Waals surface area contributed by atoms with Crippen LogP contribution in [-0.2, 0) is 6.54 Å². The molecule has 0 amide bonds. The fourth-order valence-corrected chi connectivity index (χ4v) is 4.12. The van der Waals surface area contributed by atoms with E-state index in [1.165, 1.54) is 11.3 Å². The van der Waals surface area contributed by atoms with Gasteiger partial charge in [0.15, 0.2) is 0 Å². The SMILES string of the molecule is c1ccc(OCCN2CCN(Cc3csc(-c4ccccc4)n3)CC2)cc1. The summed E-state index contributed by atoms with van der Waals surface area (Å²) in [7, 11) is 0. The highest BCUT2D eigenvalue weighted by Gasteiger charge is 2.18. The van der Waals surface area contributed by atoms with Gasteiger partial charge >= 0.3 is 0 Å². The summed E-state index contributed by atoms with van der Waals surface area (Å²) in [6, 6.07) is 20.5. The lowest BCUT2D eigenvalue weighted by Crippen LogP contribution is -2.47. The van der Waals surface area contributed by atoms with Gasteiger partial charge in [-0.15, -0.1) is 11.3 Å². The molecule has 0 bridgehead atoms. The zero-order valence-corrected chi connectivity index (χ0v) is 16.3. The topological polar surface area (TPSA) is 28.6 Å². The van der Waals surface area contributed by atoms with Crippen molar-refractivity contribution in [2.45, 2.75) is 6.54 Å². The molecule has 3 aromatic rings. The molecule has 1 aromatic heterocycles. The summed E-state index contributed by atoms with van der Waals surface area (Å²) < 4.78 is 5.81. The summed E-state index contributed by atoms with van der Waals surface area (Å²) in [6.07, 6.45) is 0. The molecule has 4 rings (SSSR count). The van der Waals surface area contributed by atoms with E-state index >= 15 is 0 Å². The molecule has 0 spiro atoms. The van der Waals surface area contributed by atoms with Gasteiger partial charge in [0.2, 0.25) is 0 Å². The van der Waals surface area contributed by atoms with Gasteiger partial charge in [-0.05, 0) is 12.1 Å². The van der Waals surface area contributed by atoms with Gasteiger partial charge in [0.25, 0.3) is 0 Å². The van der Waals surface area contributed by atoms with E-state index in [2.05, 4.69) is 39.4 Å². The normalized spacial score (nSPS) is 15.7. The van der Waals surface area contributed by atoms with Crippen LogP contribution in [0.1, 0.15) is 5.69 Å². The second-order valence-corrected chi connectivity index (χ2v) is 7.65. The molecular weight excluding hydrogens is 354 g/mol. The number of benzene rings is 2. The Kier molecular flexibility index (Phi) is 6.14. The zero-order valence-electron chi connectivity index (χ0n) is 15.5. The van der Waals surface area contributed by atoms with E-state index in [0.29, 0.717) is 0 Å². The van der Waals surface area contributed by atoms with Crippen molar-refractivity contribution in [3.8, 4) is 16.3 Å². The van der Waals surface area contributed by atoms with Crippen molar-refractivity contribution in [1.82, 2.24) is 14.8 Å². The van der Waals surface area contributed by atoms with Crippen molar-refractivity contribution >= 4 is 11.3 Å². The van der Waals surface area contributed by atoms with E-state index in [0.717, 1.165) is 56.6 Å². The first-order valence-electron chi connectivity index (χ1n) is 9.49. The molecule has 1 saturated heterocycles. The molecule has 0 N–H and O–H groups in total. The van der Waals surface area contributed by atoms with Crippen LogP contribution in [0.15, 0.2) is 66.0 Å². The Morgan fingerprint density at radius 2 is 1.52 bits per heavy atom. The lowest BCUT2D eigenvalue weighted by molar-refractivity contribution is 0.112. The van der Waals surface area contributed by atoms with E-state index < -0.39 is 0 Å². The Hall–Kier alpha value is -2.21. The van der Waals surface area contributed by atoms with Crippen LogP contribution in [0, 0.1) is 0 Å². The van der Waals surface area contributed by atoms with E-state index in [1.54, 1.807) is 11.3 Å². The third-order valence-corrected chi connectivity index (χ3v) is 5.78. The van der Waals surface area contributed by atoms with Crippen LogP contribution in [-0.4, -0.2) is 54.1 Å². The standard InChI is InChI=1S/C22H25N3OS/c1-3-7-19(8-4-1)22-23-20(18-27-22)17-25-13-11-24(12-14-25)15-16-26-21-9-5-2-6-10-21/h1-10,18H,11-17H2. The molecule has 4 nitrogen and oxygen atoms in total. The minimum absolute atomic E-state index is 0.747. The van der Waals surface area contributed by atoms with Gasteiger partial charge < -0.3 is 4.74 Å². The molecule has 0 aliphatic carbocycles. The van der Waals surface area contributed by atoms with Gasteiger partial charge in [0.1, 0.15) is 17.4 Å². The Morgan fingerprint density at radius 1 is 0.852 bits per heavy atom. The van der Waals surface area contributed by atoms with Crippen molar-refractivity contribution in [2.75, 3.05) is 39.3 Å². The minimum Gasteiger partial charge on any atom is -0.492 e. The molecule has 1 aliphatic heterocycles. The fourth-order valence-electron chi connectivity index (χ4n) is 3.30. The second kappa shape index (κ2) is 9.13. The number of aromatic nitrogens is 1. The van der Waals surface area contributed by atoms with E-state index in [-0.39, 0.29) is 0 Å². The van der Waals surface area contributed by atoms with Crippen molar-refractivity contribution < 1.29 is 4.74 Å². The Bertz CT molecular complexity index is 814. The molecule has 1 fully saturated rings. The molecule has 5 heteroatoms. The van der Waals surface area contributed by atoms with Crippen LogP contribution < -0.4 is 4.74 Å². The first-order valence-corrected chi connectivity index (χ1v) is 10.4. The van der Waals surface area contributed by atoms with Gasteiger partial charge in [-0.1, -0.05) is 48.5 Å². The Labute approximate surface area is 165 Å². The van der Waals surface area contributed by atoms with Crippen molar-refractivity contribution in [3.63, 3.8) is 0 Å². The summed E-state index contributed by atoms with van der Waals surface area (Å²) in [6.45, 7) is 7.03. The molecule has 2 aromatic carbocycles. The molecule has 1 aliphatic rings. The summed E-state index contributed by atoms with van der Waals surface area (Å²) in [5.74, 6) is 0.953. The van der Waals surface area contributed by atoms with Crippen molar-refractivity contribution in [3.05, 3.63) is 71.7 Å². The number of nitrogens with zero attached hydrogens (tertiary/aromatic N) is 3. The number of piperazine rings is 1. The minimum atomic E-state index is 0.747. The molecule has 0 atom stereocenters. The maximum Gasteiger partial charge on any atom is 0.123 e. The fraction of sp³-hybridized carbons (Fsp3) is 0.318. The van der Waals surface area contributed by atoms with E-state index in [4.69, 9.17) is 9.72 Å². The number of thiazole rings is 1. The first kappa shape index (κ1) is 18.2. The quantitative estimate of drug-likeness (QED) is 0.620. The third-order valence-electron chi connectivity index (χ3n) is 4.84. The Balaban J connectivity index is 1.20. The largest absolute Gasteiger partial charge is 0.492 e. The summed E-state index contributed by atoms with van der Waals surface area (Å²) in [4.78, 5) is 9.80. The van der Waals surface area contributed by atoms with Crippen LogP contribution in [0.2, 0.25) is 0 Å². The lowest BCUT2D eigenvalue weighted by Gasteiger charge is -2.34. The number of hydrogen-bond acceptors (Lipinski definition) is 5. The zero-order chi connectivity index (χ0) is 18.3. The molecular formula is C22H25N3OS. The van der Waals surface area contributed by atoms with Crippen molar-refractivity contribution in [2.24, 2.45) is 0 Å². The van der Waals surface area contributed by atoms with Gasteiger partial charge in [-0.2, -0.15) is 0 Å². The third kappa shape index (κ3) is 5.16. The van der Waals surface area contributed by atoms with E-state index in [1.807, 2.05) is 36.4 Å². The van der Waals surface area contributed by atoms with Crippen LogP contribution in [0.3, 0.4) is 0 Å². The van der Waals surface area contributed by atoms with Crippen LogP contribution in [0.25, 0.3) is 10.6 Å². The predicted molar refractivity (Wildman–Crippen MR) is 111 cm³/mol. The monoisotopic (exact) mass is 379 g/mol. The molecule has 2 heterocycles. The molecule has 0 radical (unpaired) electrons. The van der Waals surface area contributed by atoms with E-state index in [9.17, 15) is 0 Å². The predicted octanol–water partition coefficient (Wildman–Crippen LogP) is 4.01. The van der Waals surface area contributed by atoms with Gasteiger partial charge in [0.05, 0.1) is 5.69 Å². The number of hydrogen-bond donors (Lipinski definition) is 0. The van der Waals surface area contributed by atoms with Gasteiger partial charge in [0, 0.05) is 50.2 Å². The maximum absolute atomic E-state index is 5.81. The van der Waals surface area contributed by atoms with Crippen LogP contribution in [0.4, 0.5) is 0 Å². The van der Waals surface area contributed by atoms with Gasteiger partial charge in [-0.3, -0.25) is 9.80 Å². The van der Waals surface area contributed by atoms with Crippen LogP contribution in [0.5, 0.6) is 5.75 Å². The highest BCUT2D eigenvalue weighted by Crippen LogP contribution is 2.24.